The lowest BCUT2D eigenvalue weighted by atomic mass is 9.84. The van der Waals surface area contributed by atoms with E-state index in [0.717, 1.165) is 16.3 Å². The lowest BCUT2D eigenvalue weighted by molar-refractivity contribution is 0.0905. The number of amides is 1. The fourth-order valence-electron chi connectivity index (χ4n) is 3.95. The Bertz CT molecular complexity index is 479. The second-order valence-corrected chi connectivity index (χ2v) is 6.92. The van der Waals surface area contributed by atoms with Gasteiger partial charge in [0.2, 0.25) is 0 Å². The van der Waals surface area contributed by atoms with E-state index in [0.29, 0.717) is 11.6 Å². The van der Waals surface area contributed by atoms with E-state index in [9.17, 15) is 4.79 Å². The molecule has 1 amide bonds. The first-order valence-corrected chi connectivity index (χ1v) is 7.84. The molecular formula is C14H20BrN3O. The van der Waals surface area contributed by atoms with Gasteiger partial charge in [0.1, 0.15) is 5.69 Å². The van der Waals surface area contributed by atoms with Gasteiger partial charge in [-0.2, -0.15) is 5.10 Å². The van der Waals surface area contributed by atoms with Crippen molar-refractivity contribution in [2.24, 2.45) is 24.8 Å². The lowest BCUT2D eigenvalue weighted by Gasteiger charge is -2.28. The van der Waals surface area contributed by atoms with E-state index in [1.165, 1.54) is 25.7 Å². The zero-order chi connectivity index (χ0) is 13.6. The highest BCUT2D eigenvalue weighted by atomic mass is 79.9. The number of aryl methyl sites for hydroxylation is 1. The second kappa shape index (κ2) is 4.93. The molecule has 2 bridgehead atoms. The molecule has 3 rings (SSSR count). The van der Waals surface area contributed by atoms with Crippen molar-refractivity contribution >= 4 is 21.8 Å². The summed E-state index contributed by atoms with van der Waals surface area (Å²) in [5, 5.41) is 7.25. The van der Waals surface area contributed by atoms with Crippen molar-refractivity contribution in [3.8, 4) is 0 Å². The molecule has 19 heavy (non-hydrogen) atoms. The van der Waals surface area contributed by atoms with Gasteiger partial charge in [0.15, 0.2) is 0 Å². The van der Waals surface area contributed by atoms with Gasteiger partial charge < -0.3 is 5.32 Å². The number of hydrogen-bond acceptors (Lipinski definition) is 2. The molecule has 5 heteroatoms. The number of aromatic nitrogens is 2. The molecular weight excluding hydrogens is 306 g/mol. The van der Waals surface area contributed by atoms with Crippen LogP contribution in [0.25, 0.3) is 0 Å². The highest BCUT2D eigenvalue weighted by Gasteiger charge is 2.42. The minimum Gasteiger partial charge on any atom is -0.348 e. The quantitative estimate of drug-likeness (QED) is 0.928. The van der Waals surface area contributed by atoms with Crippen molar-refractivity contribution in [3.63, 3.8) is 0 Å². The molecule has 2 aliphatic carbocycles. The standard InChI is InChI=1S/C14H20BrN3O/c1-8(11-6-9-3-4-10(11)5-9)17-14(19)13-12(15)7-16-18(13)2/h7-11H,3-6H2,1-2H3,(H,17,19)/t8-,9-,10-,11+/m0/s1. The van der Waals surface area contributed by atoms with E-state index < -0.39 is 0 Å². The molecule has 0 spiro atoms. The maximum Gasteiger partial charge on any atom is 0.270 e. The zero-order valence-corrected chi connectivity index (χ0v) is 13.0. The van der Waals surface area contributed by atoms with Crippen LogP contribution in [0.3, 0.4) is 0 Å². The third kappa shape index (κ3) is 2.33. The van der Waals surface area contributed by atoms with Crippen LogP contribution in [0.2, 0.25) is 0 Å². The molecule has 2 saturated carbocycles. The maximum atomic E-state index is 12.3. The molecule has 1 aromatic heterocycles. The van der Waals surface area contributed by atoms with Crippen LogP contribution in [0, 0.1) is 17.8 Å². The van der Waals surface area contributed by atoms with Crippen LogP contribution in [0.5, 0.6) is 0 Å². The largest absolute Gasteiger partial charge is 0.348 e. The number of carbonyl (C=O) groups excluding carboxylic acids is 1. The molecule has 0 radical (unpaired) electrons. The van der Waals surface area contributed by atoms with Crippen molar-refractivity contribution in [2.75, 3.05) is 0 Å². The molecule has 1 heterocycles. The molecule has 0 aliphatic heterocycles. The van der Waals surface area contributed by atoms with Crippen LogP contribution in [0.1, 0.15) is 43.1 Å². The van der Waals surface area contributed by atoms with E-state index in [-0.39, 0.29) is 11.9 Å². The first kappa shape index (κ1) is 13.2. The van der Waals surface area contributed by atoms with Gasteiger partial charge in [-0.1, -0.05) is 6.42 Å². The Labute approximate surface area is 122 Å². The first-order valence-electron chi connectivity index (χ1n) is 7.04. The highest BCUT2D eigenvalue weighted by molar-refractivity contribution is 9.10. The SMILES string of the molecule is C[C@H](NC(=O)c1c(Br)cnn1C)[C@H]1C[C@H]2CC[C@H]1C2. The van der Waals surface area contributed by atoms with E-state index in [2.05, 4.69) is 33.3 Å². The van der Waals surface area contributed by atoms with Crippen molar-refractivity contribution in [2.45, 2.75) is 38.6 Å². The molecule has 104 valence electrons. The molecule has 2 aliphatic rings. The summed E-state index contributed by atoms with van der Waals surface area (Å²) in [6.45, 7) is 2.15. The van der Waals surface area contributed by atoms with Gasteiger partial charge in [0.05, 0.1) is 10.7 Å². The predicted octanol–water partition coefficient (Wildman–Crippen LogP) is 2.74. The van der Waals surface area contributed by atoms with E-state index >= 15 is 0 Å². The molecule has 4 nitrogen and oxygen atoms in total. The highest BCUT2D eigenvalue weighted by Crippen LogP contribution is 2.49. The number of rotatable bonds is 3. The maximum absolute atomic E-state index is 12.3. The van der Waals surface area contributed by atoms with E-state index in [4.69, 9.17) is 0 Å². The summed E-state index contributed by atoms with van der Waals surface area (Å²) in [6.07, 6.45) is 7.08. The molecule has 1 aromatic rings. The van der Waals surface area contributed by atoms with Crippen LogP contribution in [-0.2, 0) is 7.05 Å². The van der Waals surface area contributed by atoms with Crippen LogP contribution in [0.15, 0.2) is 10.7 Å². The number of carbonyl (C=O) groups is 1. The Morgan fingerprint density at radius 2 is 2.32 bits per heavy atom. The molecule has 2 fully saturated rings. The molecule has 0 aromatic carbocycles. The number of hydrogen-bond donors (Lipinski definition) is 1. The summed E-state index contributed by atoms with van der Waals surface area (Å²) < 4.78 is 2.38. The zero-order valence-electron chi connectivity index (χ0n) is 11.4. The fraction of sp³-hybridized carbons (Fsp3) is 0.714. The first-order chi connectivity index (χ1) is 9.06. The molecule has 1 N–H and O–H groups in total. The normalized spacial score (nSPS) is 30.6. The van der Waals surface area contributed by atoms with Gasteiger partial charge in [-0.3, -0.25) is 9.48 Å². The number of nitrogens with one attached hydrogen (secondary N) is 1. The summed E-state index contributed by atoms with van der Waals surface area (Å²) in [7, 11) is 1.79. The average molecular weight is 326 g/mol. The Kier molecular flexibility index (Phi) is 3.41. The van der Waals surface area contributed by atoms with Crippen molar-refractivity contribution in [3.05, 3.63) is 16.4 Å². The van der Waals surface area contributed by atoms with Crippen LogP contribution in [-0.4, -0.2) is 21.7 Å². The van der Waals surface area contributed by atoms with Crippen LogP contribution >= 0.6 is 15.9 Å². The minimum absolute atomic E-state index is 0.0258. The topological polar surface area (TPSA) is 46.9 Å². The van der Waals surface area contributed by atoms with Crippen LogP contribution < -0.4 is 5.32 Å². The average Bonchev–Trinajstić information content (AvgIpc) is 3.05. The molecule has 4 atom stereocenters. The van der Waals surface area contributed by atoms with Gasteiger partial charge >= 0.3 is 0 Å². The Hall–Kier alpha value is -0.840. The van der Waals surface area contributed by atoms with Crippen molar-refractivity contribution in [1.29, 1.82) is 0 Å². The van der Waals surface area contributed by atoms with Crippen LogP contribution in [0.4, 0.5) is 0 Å². The van der Waals surface area contributed by atoms with E-state index in [1.54, 1.807) is 17.9 Å². The molecule has 0 unspecified atom stereocenters. The predicted molar refractivity (Wildman–Crippen MR) is 76.8 cm³/mol. The van der Waals surface area contributed by atoms with Gasteiger partial charge in [0, 0.05) is 13.1 Å². The minimum atomic E-state index is -0.0258. The Balaban J connectivity index is 1.67. The van der Waals surface area contributed by atoms with Gasteiger partial charge in [-0.25, -0.2) is 0 Å². The fourth-order valence-corrected chi connectivity index (χ4v) is 4.48. The number of fused-ring (bicyclic) bond motifs is 2. The second-order valence-electron chi connectivity index (χ2n) is 6.07. The van der Waals surface area contributed by atoms with Gasteiger partial charge in [-0.15, -0.1) is 0 Å². The van der Waals surface area contributed by atoms with Gasteiger partial charge in [-0.05, 0) is 59.9 Å². The van der Waals surface area contributed by atoms with Crippen molar-refractivity contribution < 1.29 is 4.79 Å². The van der Waals surface area contributed by atoms with Gasteiger partial charge in [0.25, 0.3) is 5.91 Å². The van der Waals surface area contributed by atoms with Crippen molar-refractivity contribution in [1.82, 2.24) is 15.1 Å². The molecule has 0 saturated heterocycles. The summed E-state index contributed by atoms with van der Waals surface area (Å²) in [4.78, 5) is 12.3. The summed E-state index contributed by atoms with van der Waals surface area (Å²) >= 11 is 3.38. The smallest absolute Gasteiger partial charge is 0.270 e. The Morgan fingerprint density at radius 1 is 1.53 bits per heavy atom. The Morgan fingerprint density at radius 3 is 2.84 bits per heavy atom. The third-order valence-electron chi connectivity index (χ3n) is 4.90. The van der Waals surface area contributed by atoms with E-state index in [1.807, 2.05) is 0 Å². The number of nitrogens with zero attached hydrogens (tertiary/aromatic N) is 2. The third-order valence-corrected chi connectivity index (χ3v) is 5.48. The lowest BCUT2D eigenvalue weighted by Crippen LogP contribution is -2.40. The summed E-state index contributed by atoms with van der Waals surface area (Å²) in [6, 6.07) is 0.254. The number of halogens is 1. The monoisotopic (exact) mass is 325 g/mol. The summed E-state index contributed by atoms with van der Waals surface area (Å²) in [5.41, 5.74) is 0.606. The summed E-state index contributed by atoms with van der Waals surface area (Å²) in [5.74, 6) is 2.38.